The van der Waals surface area contributed by atoms with Gasteiger partial charge in [-0.25, -0.2) is 9.97 Å². The molecule has 0 atom stereocenters. The van der Waals surface area contributed by atoms with E-state index in [2.05, 4.69) is 74.4 Å². The first kappa shape index (κ1) is 15.4. The van der Waals surface area contributed by atoms with Crippen molar-refractivity contribution in [3.8, 4) is 0 Å². The number of hydrogen-bond donors (Lipinski definition) is 0. The second kappa shape index (κ2) is 5.16. The molecule has 0 aromatic carbocycles. The fourth-order valence-electron chi connectivity index (χ4n) is 1.46. The summed E-state index contributed by atoms with van der Waals surface area (Å²) in [6.07, 6.45) is 1.07. The average Bonchev–Trinajstić information content (AvgIpc) is 2.26. The van der Waals surface area contributed by atoms with Gasteiger partial charge in [0.05, 0.1) is 0 Å². The predicted molar refractivity (Wildman–Crippen MR) is 81.2 cm³/mol. The van der Waals surface area contributed by atoms with E-state index in [0.717, 1.165) is 22.7 Å². The Hall–Kier alpha value is -0.640. The molecular formula is C14H24BrN3. The van der Waals surface area contributed by atoms with Crippen LogP contribution < -0.4 is 4.90 Å². The van der Waals surface area contributed by atoms with Crippen LogP contribution in [0.25, 0.3) is 0 Å². The second-order valence-corrected chi connectivity index (χ2v) is 7.16. The molecule has 1 aromatic rings. The molecule has 0 unspecified atom stereocenters. The summed E-state index contributed by atoms with van der Waals surface area (Å²) in [6.45, 7) is 13.0. The van der Waals surface area contributed by atoms with Gasteiger partial charge in [0.1, 0.15) is 16.2 Å². The lowest BCUT2D eigenvalue weighted by molar-refractivity contribution is 0.463. The van der Waals surface area contributed by atoms with Crippen molar-refractivity contribution >= 4 is 21.7 Å². The highest BCUT2D eigenvalue weighted by Crippen LogP contribution is 2.28. The van der Waals surface area contributed by atoms with E-state index in [1.807, 2.05) is 6.07 Å². The molecule has 0 N–H and O–H groups in total. The maximum Gasteiger partial charge on any atom is 0.137 e. The van der Waals surface area contributed by atoms with Crippen molar-refractivity contribution in [2.45, 2.75) is 58.9 Å². The summed E-state index contributed by atoms with van der Waals surface area (Å²) >= 11 is 3.48. The molecule has 1 heterocycles. The second-order valence-electron chi connectivity index (χ2n) is 6.35. The Morgan fingerprint density at radius 3 is 2.17 bits per heavy atom. The zero-order valence-corrected chi connectivity index (χ0v) is 14.1. The van der Waals surface area contributed by atoms with Gasteiger partial charge in [0.15, 0.2) is 0 Å². The van der Waals surface area contributed by atoms with E-state index in [0.29, 0.717) is 0 Å². The largest absolute Gasteiger partial charge is 0.354 e. The first-order valence-corrected chi connectivity index (χ1v) is 7.16. The van der Waals surface area contributed by atoms with E-state index < -0.39 is 0 Å². The lowest BCUT2D eigenvalue weighted by Gasteiger charge is -2.36. The average molecular weight is 314 g/mol. The number of anilines is 1. The van der Waals surface area contributed by atoms with Crippen LogP contribution in [0.3, 0.4) is 0 Å². The third-order valence-electron chi connectivity index (χ3n) is 3.47. The van der Waals surface area contributed by atoms with Gasteiger partial charge in [0, 0.05) is 24.1 Å². The lowest BCUT2D eigenvalue weighted by atomic mass is 9.95. The lowest BCUT2D eigenvalue weighted by Crippen LogP contribution is -2.41. The minimum Gasteiger partial charge on any atom is -0.354 e. The summed E-state index contributed by atoms with van der Waals surface area (Å²) in [5, 5.41) is 0. The van der Waals surface area contributed by atoms with Gasteiger partial charge in [-0.15, -0.1) is 0 Å². The minimum absolute atomic E-state index is 0.0459. The van der Waals surface area contributed by atoms with Crippen molar-refractivity contribution < 1.29 is 0 Å². The molecule has 0 aliphatic carbocycles. The first-order valence-electron chi connectivity index (χ1n) is 6.37. The molecule has 1 rings (SSSR count). The summed E-state index contributed by atoms with van der Waals surface area (Å²) in [6, 6.07) is 1.98. The Morgan fingerprint density at radius 1 is 1.17 bits per heavy atom. The number of halogens is 1. The topological polar surface area (TPSA) is 29.0 Å². The molecule has 0 radical (unpaired) electrons. The van der Waals surface area contributed by atoms with Crippen LogP contribution in [0, 0.1) is 0 Å². The molecule has 0 saturated heterocycles. The van der Waals surface area contributed by atoms with Crippen molar-refractivity contribution in [3.63, 3.8) is 0 Å². The summed E-state index contributed by atoms with van der Waals surface area (Å²) in [7, 11) is 2.09. The number of nitrogens with zero attached hydrogens (tertiary/aromatic N) is 3. The highest BCUT2D eigenvalue weighted by atomic mass is 79.9. The number of hydrogen-bond acceptors (Lipinski definition) is 3. The summed E-state index contributed by atoms with van der Waals surface area (Å²) < 4.78 is 0.844. The fourth-order valence-corrected chi connectivity index (χ4v) is 1.83. The molecule has 0 fully saturated rings. The SMILES string of the molecule is CCC(C)(C)N(C)c1cc(Br)nc(C(C)(C)C)n1. The van der Waals surface area contributed by atoms with Crippen LogP contribution in [0.4, 0.5) is 5.82 Å². The van der Waals surface area contributed by atoms with Gasteiger partial charge in [-0.3, -0.25) is 0 Å². The summed E-state index contributed by atoms with van der Waals surface area (Å²) in [5.74, 6) is 1.83. The quantitative estimate of drug-likeness (QED) is 0.784. The van der Waals surface area contributed by atoms with Crippen molar-refractivity contribution in [3.05, 3.63) is 16.5 Å². The van der Waals surface area contributed by atoms with Crippen molar-refractivity contribution in [2.75, 3.05) is 11.9 Å². The highest BCUT2D eigenvalue weighted by molar-refractivity contribution is 9.10. The van der Waals surface area contributed by atoms with Gasteiger partial charge in [-0.2, -0.15) is 0 Å². The normalized spacial score (nSPS) is 12.7. The fraction of sp³-hybridized carbons (Fsp3) is 0.714. The monoisotopic (exact) mass is 313 g/mol. The third-order valence-corrected chi connectivity index (χ3v) is 3.88. The third kappa shape index (κ3) is 3.44. The standard InChI is InChI=1S/C14H24BrN3/c1-8-14(5,6)18(7)11-9-10(15)16-12(17-11)13(2,3)4/h9H,8H2,1-7H3. The Labute approximate surface area is 119 Å². The molecular weight excluding hydrogens is 290 g/mol. The highest BCUT2D eigenvalue weighted by Gasteiger charge is 2.25. The molecule has 0 amide bonds. The van der Waals surface area contributed by atoms with Crippen LogP contribution in [0.5, 0.6) is 0 Å². The molecule has 0 bridgehead atoms. The van der Waals surface area contributed by atoms with E-state index in [1.54, 1.807) is 0 Å². The molecule has 18 heavy (non-hydrogen) atoms. The van der Waals surface area contributed by atoms with Crippen LogP contribution in [-0.4, -0.2) is 22.6 Å². The van der Waals surface area contributed by atoms with E-state index in [1.165, 1.54) is 0 Å². The van der Waals surface area contributed by atoms with Gasteiger partial charge >= 0.3 is 0 Å². The zero-order valence-electron chi connectivity index (χ0n) is 12.5. The molecule has 4 heteroatoms. The van der Waals surface area contributed by atoms with E-state index in [-0.39, 0.29) is 11.0 Å². The van der Waals surface area contributed by atoms with Crippen molar-refractivity contribution in [1.29, 1.82) is 0 Å². The van der Waals surface area contributed by atoms with Crippen LogP contribution in [0.2, 0.25) is 0 Å². The maximum atomic E-state index is 4.70. The van der Waals surface area contributed by atoms with E-state index in [4.69, 9.17) is 4.98 Å². The van der Waals surface area contributed by atoms with Crippen LogP contribution in [0.1, 0.15) is 53.8 Å². The Morgan fingerprint density at radius 2 is 1.72 bits per heavy atom. The predicted octanol–water partition coefficient (Wildman–Crippen LogP) is 4.16. The Kier molecular flexibility index (Phi) is 4.42. The molecule has 3 nitrogen and oxygen atoms in total. The molecule has 0 saturated carbocycles. The van der Waals surface area contributed by atoms with Crippen LogP contribution in [-0.2, 0) is 5.41 Å². The molecule has 102 valence electrons. The zero-order chi connectivity index (χ0) is 14.1. The van der Waals surface area contributed by atoms with Crippen molar-refractivity contribution in [2.24, 2.45) is 0 Å². The van der Waals surface area contributed by atoms with Gasteiger partial charge in [-0.05, 0) is 36.2 Å². The minimum atomic E-state index is -0.0459. The van der Waals surface area contributed by atoms with E-state index >= 15 is 0 Å². The number of rotatable bonds is 3. The van der Waals surface area contributed by atoms with Gasteiger partial charge in [-0.1, -0.05) is 27.7 Å². The first-order chi connectivity index (χ1) is 8.08. The summed E-state index contributed by atoms with van der Waals surface area (Å²) in [4.78, 5) is 11.4. The van der Waals surface area contributed by atoms with Crippen LogP contribution in [0.15, 0.2) is 10.7 Å². The molecule has 0 aliphatic rings. The van der Waals surface area contributed by atoms with Crippen molar-refractivity contribution in [1.82, 2.24) is 9.97 Å². The number of aromatic nitrogens is 2. The van der Waals surface area contributed by atoms with Gasteiger partial charge in [0.2, 0.25) is 0 Å². The van der Waals surface area contributed by atoms with Gasteiger partial charge < -0.3 is 4.90 Å². The molecule has 0 spiro atoms. The van der Waals surface area contributed by atoms with Crippen LogP contribution >= 0.6 is 15.9 Å². The smallest absolute Gasteiger partial charge is 0.137 e. The van der Waals surface area contributed by atoms with E-state index in [9.17, 15) is 0 Å². The van der Waals surface area contributed by atoms with Gasteiger partial charge in [0.25, 0.3) is 0 Å². The maximum absolute atomic E-state index is 4.70. The Balaban J connectivity index is 3.23. The molecule has 0 aliphatic heterocycles. The summed E-state index contributed by atoms with van der Waals surface area (Å²) in [5.41, 5.74) is 0.0404. The molecule has 1 aromatic heterocycles. The Bertz CT molecular complexity index is 422.